The van der Waals surface area contributed by atoms with Crippen molar-refractivity contribution in [3.05, 3.63) is 56.8 Å². The van der Waals surface area contributed by atoms with Crippen molar-refractivity contribution in [2.45, 2.75) is 31.2 Å². The third-order valence-corrected chi connectivity index (χ3v) is 7.69. The molecule has 146 valence electrons. The molecule has 6 nitrogen and oxygen atoms in total. The molecule has 4 aliphatic rings. The number of aromatic nitrogens is 2. The summed E-state index contributed by atoms with van der Waals surface area (Å²) in [5, 5.41) is 30.6. The van der Waals surface area contributed by atoms with Crippen molar-refractivity contribution >= 4 is 21.7 Å². The minimum Gasteiger partial charge on any atom is -0.343 e. The molecule has 6 rings (SSSR count). The number of benzene rings is 1. The Morgan fingerprint density at radius 3 is 2.79 bits per heavy atom. The molecule has 7 heteroatoms. The molecule has 0 spiro atoms. The van der Waals surface area contributed by atoms with Crippen molar-refractivity contribution in [2.24, 2.45) is 11.8 Å². The maximum absolute atomic E-state index is 10.3. The van der Waals surface area contributed by atoms with Gasteiger partial charge in [-0.25, -0.2) is 0 Å². The van der Waals surface area contributed by atoms with E-state index in [1.54, 1.807) is 12.3 Å². The molecule has 2 aromatic rings. The predicted molar refractivity (Wildman–Crippen MR) is 113 cm³/mol. The number of nitriles is 2. The van der Waals surface area contributed by atoms with Crippen LogP contribution in [0.15, 0.2) is 40.1 Å². The zero-order valence-corrected chi connectivity index (χ0v) is 17.7. The number of allylic oxidation sites excluding steroid dienone is 1. The molecule has 29 heavy (non-hydrogen) atoms. The first-order valence-corrected chi connectivity index (χ1v) is 10.7. The van der Waals surface area contributed by atoms with E-state index in [0.717, 1.165) is 45.7 Å². The maximum atomic E-state index is 10.3. The third kappa shape index (κ3) is 2.80. The Hall–Kier alpha value is -2.61. The summed E-state index contributed by atoms with van der Waals surface area (Å²) in [4.78, 5) is 2.45. The van der Waals surface area contributed by atoms with Crippen LogP contribution in [-0.2, 0) is 0 Å². The number of rotatable bonds is 2. The number of H-pyrrole nitrogens is 1. The number of fused-ring (bicyclic) bond motifs is 4. The number of hydrogen-bond acceptors (Lipinski definition) is 5. The van der Waals surface area contributed by atoms with Crippen LogP contribution in [0.4, 0.5) is 5.82 Å². The average molecular weight is 449 g/mol. The van der Waals surface area contributed by atoms with Crippen LogP contribution in [0.5, 0.6) is 0 Å². The normalized spacial score (nSPS) is 28.4. The molecule has 1 aliphatic carbocycles. The molecule has 2 saturated heterocycles. The van der Waals surface area contributed by atoms with Crippen molar-refractivity contribution in [1.82, 2.24) is 15.1 Å². The number of anilines is 1. The van der Waals surface area contributed by atoms with Gasteiger partial charge in [-0.1, -0.05) is 12.1 Å². The molecule has 1 saturated carbocycles. The van der Waals surface area contributed by atoms with Gasteiger partial charge in [0, 0.05) is 34.2 Å². The van der Waals surface area contributed by atoms with Gasteiger partial charge in [0.05, 0.1) is 29.3 Å². The van der Waals surface area contributed by atoms with E-state index in [4.69, 9.17) is 0 Å². The third-order valence-electron chi connectivity index (χ3n) is 6.80. The fourth-order valence-electron chi connectivity index (χ4n) is 5.51. The van der Waals surface area contributed by atoms with Gasteiger partial charge >= 0.3 is 0 Å². The lowest BCUT2D eigenvalue weighted by Gasteiger charge is -2.50. The second-order valence-electron chi connectivity index (χ2n) is 8.31. The van der Waals surface area contributed by atoms with Crippen LogP contribution in [0.2, 0.25) is 0 Å². The zero-order chi connectivity index (χ0) is 20.1. The van der Waals surface area contributed by atoms with Crippen LogP contribution in [0.25, 0.3) is 0 Å². The summed E-state index contributed by atoms with van der Waals surface area (Å²) in [6.45, 7) is 1.14. The Balaban J connectivity index is 1.68. The highest BCUT2D eigenvalue weighted by atomic mass is 79.9. The van der Waals surface area contributed by atoms with Gasteiger partial charge < -0.3 is 10.2 Å². The fraction of sp³-hybridized carbons (Fsp3) is 0.409. The second kappa shape index (κ2) is 7.02. The summed E-state index contributed by atoms with van der Waals surface area (Å²) in [7, 11) is 2.20. The van der Waals surface area contributed by atoms with E-state index in [0.29, 0.717) is 23.4 Å². The molecule has 2 bridgehead atoms. The smallest absolute Gasteiger partial charge is 0.129 e. The van der Waals surface area contributed by atoms with Crippen LogP contribution < -0.4 is 5.32 Å². The molecule has 2 N–H and O–H groups in total. The number of piperidine rings is 2. The van der Waals surface area contributed by atoms with Gasteiger partial charge in [-0.05, 0) is 59.8 Å². The van der Waals surface area contributed by atoms with Gasteiger partial charge in [0.15, 0.2) is 0 Å². The van der Waals surface area contributed by atoms with Gasteiger partial charge in [-0.3, -0.25) is 5.10 Å². The van der Waals surface area contributed by atoms with Crippen LogP contribution in [0.1, 0.15) is 41.9 Å². The number of nitrogens with one attached hydrogen (secondary N) is 2. The van der Waals surface area contributed by atoms with Gasteiger partial charge in [-0.2, -0.15) is 15.6 Å². The molecule has 0 radical (unpaired) electrons. The fourth-order valence-corrected chi connectivity index (χ4v) is 6.10. The maximum Gasteiger partial charge on any atom is 0.129 e. The highest BCUT2D eigenvalue weighted by molar-refractivity contribution is 9.10. The second-order valence-corrected chi connectivity index (χ2v) is 9.10. The molecule has 4 unspecified atom stereocenters. The standard InChI is InChI=1S/C22H21BrN6/c1-29-11-12-5-6-18(29)15(7-12)21-16(9-25)19(17-10-26-28-22(17)27-21)14-4-2-3-13(8-24)20(14)23/h2-4,10,12,15,18-19H,5-7,11H2,1H3,(H2,26,27,28). The Morgan fingerprint density at radius 2 is 2.07 bits per heavy atom. The summed E-state index contributed by atoms with van der Waals surface area (Å²) >= 11 is 3.62. The van der Waals surface area contributed by atoms with E-state index in [1.807, 2.05) is 12.1 Å². The first-order chi connectivity index (χ1) is 14.1. The van der Waals surface area contributed by atoms with E-state index in [1.165, 1.54) is 12.8 Å². The first-order valence-electron chi connectivity index (χ1n) is 9.95. The van der Waals surface area contributed by atoms with Crippen LogP contribution in [0.3, 0.4) is 0 Å². The van der Waals surface area contributed by atoms with Crippen molar-refractivity contribution in [2.75, 3.05) is 18.9 Å². The van der Waals surface area contributed by atoms with Gasteiger partial charge in [-0.15, -0.1) is 0 Å². The summed E-state index contributed by atoms with van der Waals surface area (Å²) in [5.74, 6) is 1.58. The lowest BCUT2D eigenvalue weighted by molar-refractivity contribution is 0.0350. The van der Waals surface area contributed by atoms with Crippen LogP contribution in [-0.4, -0.2) is 34.7 Å². The molecule has 0 amide bonds. The molecular weight excluding hydrogens is 428 g/mol. The van der Waals surface area contributed by atoms with Gasteiger partial charge in [0.2, 0.25) is 0 Å². The van der Waals surface area contributed by atoms with Gasteiger partial charge in [0.1, 0.15) is 11.9 Å². The average Bonchev–Trinajstić information content (AvgIpc) is 3.21. The Labute approximate surface area is 178 Å². The number of halogens is 1. The topological polar surface area (TPSA) is 91.5 Å². The summed E-state index contributed by atoms with van der Waals surface area (Å²) < 4.78 is 0.746. The van der Waals surface area contributed by atoms with E-state index in [9.17, 15) is 10.5 Å². The van der Waals surface area contributed by atoms with Gasteiger partial charge in [0.25, 0.3) is 0 Å². The molecule has 4 heterocycles. The predicted octanol–water partition coefficient (Wildman–Crippen LogP) is 4.11. The summed E-state index contributed by atoms with van der Waals surface area (Å²) in [5.41, 5.74) is 4.19. The molecule has 3 fully saturated rings. The number of aromatic amines is 1. The zero-order valence-electron chi connectivity index (χ0n) is 16.1. The largest absolute Gasteiger partial charge is 0.343 e. The van der Waals surface area contributed by atoms with Crippen molar-refractivity contribution < 1.29 is 0 Å². The van der Waals surface area contributed by atoms with Crippen molar-refractivity contribution in [3.8, 4) is 12.1 Å². The lowest BCUT2D eigenvalue weighted by Crippen LogP contribution is -2.52. The van der Waals surface area contributed by atoms with E-state index >= 15 is 0 Å². The lowest BCUT2D eigenvalue weighted by atomic mass is 9.69. The monoisotopic (exact) mass is 448 g/mol. The SMILES string of the molecule is CN1CC2CCC1C(C1=C(C#N)C(c3cccc(C#N)c3Br)c3cn[nH]c3N1)C2. The molecular formula is C22H21BrN6. The van der Waals surface area contributed by atoms with Crippen LogP contribution >= 0.6 is 15.9 Å². The van der Waals surface area contributed by atoms with E-state index < -0.39 is 0 Å². The summed E-state index contributed by atoms with van der Waals surface area (Å²) in [6.07, 6.45) is 5.34. The minimum absolute atomic E-state index is 0.251. The molecule has 3 aliphatic heterocycles. The highest BCUT2D eigenvalue weighted by Gasteiger charge is 2.44. The molecule has 1 aromatic carbocycles. The Kier molecular flexibility index (Phi) is 4.46. The van der Waals surface area contributed by atoms with E-state index in [-0.39, 0.29) is 5.92 Å². The number of nitrogens with zero attached hydrogens (tertiary/aromatic N) is 4. The quantitative estimate of drug-likeness (QED) is 0.720. The Morgan fingerprint density at radius 1 is 1.21 bits per heavy atom. The highest BCUT2D eigenvalue weighted by Crippen LogP contribution is 2.49. The Bertz CT molecular complexity index is 1090. The van der Waals surface area contributed by atoms with Crippen LogP contribution in [0, 0.1) is 34.5 Å². The minimum atomic E-state index is -0.251. The summed E-state index contributed by atoms with van der Waals surface area (Å²) in [6, 6.07) is 10.9. The first kappa shape index (κ1) is 18.4. The van der Waals surface area contributed by atoms with E-state index in [2.05, 4.69) is 55.5 Å². The molecule has 4 atom stereocenters. The van der Waals surface area contributed by atoms with Crippen molar-refractivity contribution in [3.63, 3.8) is 0 Å². The molecule has 1 aromatic heterocycles. The number of hydrogen-bond donors (Lipinski definition) is 2. The van der Waals surface area contributed by atoms with Crippen molar-refractivity contribution in [1.29, 1.82) is 10.5 Å².